The van der Waals surface area contributed by atoms with Gasteiger partial charge in [-0.3, -0.25) is 0 Å². The first-order valence-corrected chi connectivity index (χ1v) is 7.91. The molecule has 0 radical (unpaired) electrons. The first kappa shape index (κ1) is 15.9. The molecule has 2 N–H and O–H groups in total. The van der Waals surface area contributed by atoms with Gasteiger partial charge in [-0.1, -0.05) is 20.3 Å². The molecule has 0 aromatic rings. The average Bonchev–Trinajstić information content (AvgIpc) is 2.27. The quantitative estimate of drug-likeness (QED) is 0.577. The van der Waals surface area contributed by atoms with Gasteiger partial charge in [0.05, 0.1) is 5.75 Å². The summed E-state index contributed by atoms with van der Waals surface area (Å²) in [6.45, 7) is 7.41. The molecule has 4 nitrogen and oxygen atoms in total. The van der Waals surface area contributed by atoms with Gasteiger partial charge in [0, 0.05) is 12.6 Å². The van der Waals surface area contributed by atoms with Crippen LogP contribution in [0, 0.1) is 0 Å². The van der Waals surface area contributed by atoms with E-state index in [1.165, 1.54) is 12.8 Å². The third-order valence-corrected chi connectivity index (χ3v) is 4.02. The largest absolute Gasteiger partial charge is 0.314 e. The van der Waals surface area contributed by atoms with E-state index in [2.05, 4.69) is 23.9 Å². The molecule has 1 unspecified atom stereocenters. The smallest absolute Gasteiger partial charge is 0.211 e. The van der Waals surface area contributed by atoms with Crippen LogP contribution in [0.4, 0.5) is 0 Å². The molecule has 0 rings (SSSR count). The minimum absolute atomic E-state index is 0.161. The van der Waals surface area contributed by atoms with Gasteiger partial charge in [0.2, 0.25) is 10.0 Å². The van der Waals surface area contributed by atoms with Crippen molar-refractivity contribution >= 4 is 10.0 Å². The molecule has 1 atom stereocenters. The highest BCUT2D eigenvalue weighted by molar-refractivity contribution is 7.89. The average molecular weight is 250 g/mol. The van der Waals surface area contributed by atoms with Crippen molar-refractivity contribution in [2.45, 2.75) is 52.5 Å². The van der Waals surface area contributed by atoms with Crippen LogP contribution in [0.1, 0.15) is 46.5 Å². The predicted octanol–water partition coefficient (Wildman–Crippen LogP) is 1.48. The zero-order chi connectivity index (χ0) is 12.4. The second-order valence-corrected chi connectivity index (χ2v) is 6.09. The highest BCUT2D eigenvalue weighted by Crippen LogP contribution is 2.00. The van der Waals surface area contributed by atoms with Crippen LogP contribution in [0.2, 0.25) is 0 Å². The molecule has 5 heteroatoms. The highest BCUT2D eigenvalue weighted by atomic mass is 32.2. The fraction of sp³-hybridized carbons (Fsp3) is 1.00. The summed E-state index contributed by atoms with van der Waals surface area (Å²) in [6, 6.07) is 0.577. The Hall–Kier alpha value is -0.130. The minimum Gasteiger partial charge on any atom is -0.314 e. The summed E-state index contributed by atoms with van der Waals surface area (Å²) in [5.74, 6) is 0.161. The Bertz CT molecular complexity index is 253. The maximum Gasteiger partial charge on any atom is 0.211 e. The van der Waals surface area contributed by atoms with Crippen molar-refractivity contribution in [2.24, 2.45) is 0 Å². The van der Waals surface area contributed by atoms with E-state index in [0.717, 1.165) is 19.4 Å². The molecule has 0 aliphatic heterocycles. The van der Waals surface area contributed by atoms with E-state index >= 15 is 0 Å². The summed E-state index contributed by atoms with van der Waals surface area (Å²) in [5.41, 5.74) is 0. The summed E-state index contributed by atoms with van der Waals surface area (Å²) in [5, 5.41) is 3.44. The molecular formula is C11H26N2O2S. The Kier molecular flexibility index (Phi) is 8.89. The molecule has 0 aromatic heterocycles. The number of rotatable bonds is 10. The van der Waals surface area contributed by atoms with Gasteiger partial charge in [-0.05, 0) is 32.7 Å². The standard InChI is InChI=1S/C11H26N2O2S/c1-4-8-11(5-2)12-9-7-10-13-16(14,15)6-3/h11-13H,4-10H2,1-3H3. The van der Waals surface area contributed by atoms with Crippen molar-refractivity contribution in [3.63, 3.8) is 0 Å². The SMILES string of the molecule is CCCC(CC)NCCCNS(=O)(=O)CC. The third-order valence-electron chi connectivity index (χ3n) is 2.62. The van der Waals surface area contributed by atoms with Gasteiger partial charge in [0.1, 0.15) is 0 Å². The van der Waals surface area contributed by atoms with Crippen LogP contribution >= 0.6 is 0 Å². The van der Waals surface area contributed by atoms with Gasteiger partial charge >= 0.3 is 0 Å². The van der Waals surface area contributed by atoms with E-state index in [4.69, 9.17) is 0 Å². The lowest BCUT2D eigenvalue weighted by Gasteiger charge is -2.15. The lowest BCUT2D eigenvalue weighted by molar-refractivity contribution is 0.458. The highest BCUT2D eigenvalue weighted by Gasteiger charge is 2.05. The van der Waals surface area contributed by atoms with Crippen molar-refractivity contribution in [2.75, 3.05) is 18.8 Å². The lowest BCUT2D eigenvalue weighted by atomic mass is 10.1. The molecule has 0 bridgehead atoms. The van der Waals surface area contributed by atoms with Crippen LogP contribution in [0.3, 0.4) is 0 Å². The van der Waals surface area contributed by atoms with Gasteiger partial charge in [-0.2, -0.15) is 0 Å². The van der Waals surface area contributed by atoms with Gasteiger partial charge in [-0.25, -0.2) is 13.1 Å². The van der Waals surface area contributed by atoms with Crippen LogP contribution in [-0.2, 0) is 10.0 Å². The van der Waals surface area contributed by atoms with Crippen LogP contribution in [0.25, 0.3) is 0 Å². The van der Waals surface area contributed by atoms with Gasteiger partial charge in [0.25, 0.3) is 0 Å². The van der Waals surface area contributed by atoms with Gasteiger partial charge in [0.15, 0.2) is 0 Å². The summed E-state index contributed by atoms with van der Waals surface area (Å²) < 4.78 is 24.8. The van der Waals surface area contributed by atoms with E-state index in [-0.39, 0.29) is 5.75 Å². The van der Waals surface area contributed by atoms with Crippen LogP contribution in [0.15, 0.2) is 0 Å². The fourth-order valence-electron chi connectivity index (χ4n) is 1.52. The molecular weight excluding hydrogens is 224 g/mol. The molecule has 0 aliphatic rings. The van der Waals surface area contributed by atoms with Crippen LogP contribution < -0.4 is 10.0 Å². The van der Waals surface area contributed by atoms with E-state index in [0.29, 0.717) is 12.6 Å². The number of sulfonamides is 1. The van der Waals surface area contributed by atoms with Crippen molar-refractivity contribution in [3.8, 4) is 0 Å². The Morgan fingerprint density at radius 3 is 2.31 bits per heavy atom. The summed E-state index contributed by atoms with van der Waals surface area (Å²) in [7, 11) is -3.01. The summed E-state index contributed by atoms with van der Waals surface area (Å²) in [6.07, 6.45) is 4.36. The number of hydrogen-bond acceptors (Lipinski definition) is 3. The zero-order valence-corrected chi connectivity index (χ0v) is 11.6. The van der Waals surface area contributed by atoms with Crippen LogP contribution in [-0.4, -0.2) is 33.3 Å². The van der Waals surface area contributed by atoms with Crippen molar-refractivity contribution in [1.29, 1.82) is 0 Å². The molecule has 0 aliphatic carbocycles. The van der Waals surface area contributed by atoms with Crippen molar-refractivity contribution < 1.29 is 8.42 Å². The number of hydrogen-bond donors (Lipinski definition) is 2. The summed E-state index contributed by atoms with van der Waals surface area (Å²) >= 11 is 0. The zero-order valence-electron chi connectivity index (χ0n) is 10.8. The fourth-order valence-corrected chi connectivity index (χ4v) is 2.18. The maximum absolute atomic E-state index is 11.1. The van der Waals surface area contributed by atoms with E-state index in [1.54, 1.807) is 6.92 Å². The van der Waals surface area contributed by atoms with Crippen molar-refractivity contribution in [3.05, 3.63) is 0 Å². The molecule has 16 heavy (non-hydrogen) atoms. The van der Waals surface area contributed by atoms with E-state index in [9.17, 15) is 8.42 Å². The molecule has 0 saturated carbocycles. The molecule has 0 aromatic carbocycles. The Morgan fingerprint density at radius 1 is 1.12 bits per heavy atom. The second-order valence-electron chi connectivity index (χ2n) is 4.00. The molecule has 98 valence electrons. The molecule has 0 amide bonds. The monoisotopic (exact) mass is 250 g/mol. The minimum atomic E-state index is -3.01. The molecule has 0 saturated heterocycles. The lowest BCUT2D eigenvalue weighted by Crippen LogP contribution is -2.32. The Balaban J connectivity index is 3.52. The van der Waals surface area contributed by atoms with E-state index < -0.39 is 10.0 Å². The Morgan fingerprint density at radius 2 is 1.81 bits per heavy atom. The third kappa shape index (κ3) is 8.07. The predicted molar refractivity (Wildman–Crippen MR) is 69.1 cm³/mol. The normalized spacial score (nSPS) is 13.9. The Labute approximate surface area is 100 Å². The van der Waals surface area contributed by atoms with Crippen molar-refractivity contribution in [1.82, 2.24) is 10.0 Å². The first-order valence-electron chi connectivity index (χ1n) is 6.26. The second kappa shape index (κ2) is 8.96. The molecule has 0 fully saturated rings. The van der Waals surface area contributed by atoms with E-state index in [1.807, 2.05) is 0 Å². The number of nitrogens with one attached hydrogen (secondary N) is 2. The summed E-state index contributed by atoms with van der Waals surface area (Å²) in [4.78, 5) is 0. The molecule has 0 spiro atoms. The molecule has 0 heterocycles. The van der Waals surface area contributed by atoms with Gasteiger partial charge < -0.3 is 5.32 Å². The maximum atomic E-state index is 11.1. The van der Waals surface area contributed by atoms with Gasteiger partial charge in [-0.15, -0.1) is 0 Å². The first-order chi connectivity index (χ1) is 7.55. The van der Waals surface area contributed by atoms with Crippen LogP contribution in [0.5, 0.6) is 0 Å². The topological polar surface area (TPSA) is 58.2 Å².